The van der Waals surface area contributed by atoms with Gasteiger partial charge < -0.3 is 14.9 Å². The van der Waals surface area contributed by atoms with Crippen LogP contribution in [0.1, 0.15) is 52.0 Å². The van der Waals surface area contributed by atoms with Gasteiger partial charge in [-0.3, -0.25) is 9.59 Å². The summed E-state index contributed by atoms with van der Waals surface area (Å²) in [7, 11) is 0. The molecule has 0 aliphatic heterocycles. The molecule has 35 heavy (non-hydrogen) atoms. The highest BCUT2D eigenvalue weighted by atomic mass is 16.1. The summed E-state index contributed by atoms with van der Waals surface area (Å²) in [6.07, 6.45) is 5.44. The lowest BCUT2D eigenvalue weighted by atomic mass is 10.0. The number of anilines is 1. The van der Waals surface area contributed by atoms with Gasteiger partial charge in [0.25, 0.3) is 0 Å². The van der Waals surface area contributed by atoms with E-state index in [1.807, 2.05) is 36.4 Å². The van der Waals surface area contributed by atoms with Crippen molar-refractivity contribution in [3.63, 3.8) is 0 Å². The second-order valence-electron chi connectivity index (χ2n) is 9.47. The molecule has 3 aromatic carbocycles. The van der Waals surface area contributed by atoms with E-state index in [9.17, 15) is 9.59 Å². The first-order valence-electron chi connectivity index (χ1n) is 12.9. The van der Waals surface area contributed by atoms with Crippen molar-refractivity contribution in [2.24, 2.45) is 0 Å². The van der Waals surface area contributed by atoms with Crippen LogP contribution < -0.4 is 15.8 Å². The van der Waals surface area contributed by atoms with Crippen LogP contribution in [0.4, 0.5) is 5.69 Å². The smallest absolute Gasteiger partial charge is 0.197 e. The summed E-state index contributed by atoms with van der Waals surface area (Å²) in [6.45, 7) is 8.60. The number of unbranched alkanes of at least 4 members (excludes halogenated alkanes) is 2. The molecule has 5 aromatic rings. The van der Waals surface area contributed by atoms with Crippen LogP contribution in [0.5, 0.6) is 0 Å². The minimum Gasteiger partial charge on any atom is -0.371 e. The lowest BCUT2D eigenvalue weighted by Crippen LogP contribution is -2.27. The second kappa shape index (κ2) is 9.57. The summed E-state index contributed by atoms with van der Waals surface area (Å²) in [5.41, 5.74) is 5.37. The van der Waals surface area contributed by atoms with Crippen molar-refractivity contribution in [2.75, 3.05) is 18.0 Å². The Balaban J connectivity index is 1.76. The molecule has 0 bridgehead atoms. The molecular weight excluding hydrogens is 434 g/mol. The summed E-state index contributed by atoms with van der Waals surface area (Å²) < 4.78 is 0. The van der Waals surface area contributed by atoms with E-state index in [0.29, 0.717) is 32.6 Å². The van der Waals surface area contributed by atoms with Gasteiger partial charge in [-0.1, -0.05) is 45.7 Å². The van der Waals surface area contributed by atoms with Crippen LogP contribution in [0.25, 0.3) is 43.6 Å². The van der Waals surface area contributed by atoms with Crippen molar-refractivity contribution in [2.45, 2.75) is 52.9 Å². The van der Waals surface area contributed by atoms with Gasteiger partial charge in [0.2, 0.25) is 0 Å². The summed E-state index contributed by atoms with van der Waals surface area (Å²) in [5, 5.41) is 2.54. The van der Waals surface area contributed by atoms with Crippen LogP contribution in [0, 0.1) is 0 Å². The Morgan fingerprint density at radius 1 is 0.657 bits per heavy atom. The van der Waals surface area contributed by atoms with Crippen LogP contribution in [0.15, 0.2) is 58.1 Å². The lowest BCUT2D eigenvalue weighted by molar-refractivity contribution is 0.676. The topological polar surface area (TPSA) is 69.0 Å². The molecule has 0 fully saturated rings. The normalized spacial score (nSPS) is 11.7. The summed E-state index contributed by atoms with van der Waals surface area (Å²) in [5.74, 6) is 0. The average molecular weight is 468 g/mol. The fourth-order valence-electron chi connectivity index (χ4n) is 5.11. The van der Waals surface area contributed by atoms with E-state index in [-0.39, 0.29) is 10.9 Å². The Morgan fingerprint density at radius 3 is 1.83 bits per heavy atom. The molecule has 5 heteroatoms. The molecule has 0 saturated heterocycles. The van der Waals surface area contributed by atoms with E-state index in [1.165, 1.54) is 11.3 Å². The maximum atomic E-state index is 13.8. The predicted molar refractivity (Wildman–Crippen MR) is 149 cm³/mol. The van der Waals surface area contributed by atoms with Gasteiger partial charge >= 0.3 is 0 Å². The lowest BCUT2D eigenvalue weighted by Gasteiger charge is -2.27. The average Bonchev–Trinajstić information content (AvgIpc) is 2.88. The summed E-state index contributed by atoms with van der Waals surface area (Å²) in [6, 6.07) is 15.4. The van der Waals surface area contributed by atoms with Crippen LogP contribution in [0.3, 0.4) is 0 Å². The van der Waals surface area contributed by atoms with E-state index in [0.717, 1.165) is 56.2 Å². The first-order chi connectivity index (χ1) is 17.0. The Bertz CT molecular complexity index is 1650. The van der Waals surface area contributed by atoms with Crippen molar-refractivity contribution >= 4 is 49.3 Å². The molecule has 2 heterocycles. The third-order valence-electron chi connectivity index (χ3n) is 7.11. The number of H-pyrrole nitrogens is 2. The monoisotopic (exact) mass is 467 g/mol. The maximum Gasteiger partial charge on any atom is 0.197 e. The van der Waals surface area contributed by atoms with Crippen LogP contribution in [0.2, 0.25) is 0 Å². The van der Waals surface area contributed by atoms with Gasteiger partial charge in [0, 0.05) is 45.8 Å². The van der Waals surface area contributed by atoms with Crippen LogP contribution in [-0.4, -0.2) is 23.1 Å². The summed E-state index contributed by atoms with van der Waals surface area (Å²) >= 11 is 0. The number of nitrogens with zero attached hydrogens (tertiary/aromatic N) is 1. The van der Waals surface area contributed by atoms with Crippen molar-refractivity contribution in [1.29, 1.82) is 0 Å². The third-order valence-corrected chi connectivity index (χ3v) is 7.11. The molecule has 180 valence electrons. The number of hydrogen-bond donors (Lipinski definition) is 2. The minimum atomic E-state index is -0.0238. The number of hydrogen-bond acceptors (Lipinski definition) is 3. The number of fused-ring (bicyclic) bond motifs is 4. The zero-order valence-electron chi connectivity index (χ0n) is 20.8. The highest BCUT2D eigenvalue weighted by Gasteiger charge is 2.16. The molecule has 2 N–H and O–H groups in total. The minimum absolute atomic E-state index is 0.000469. The molecule has 0 aliphatic carbocycles. The molecule has 5 rings (SSSR count). The van der Waals surface area contributed by atoms with Gasteiger partial charge in [-0.15, -0.1) is 0 Å². The SMILES string of the molecule is CCCCN(CCCC)c1cc2c(=O)c3cc4[nH]c5ccccc5c(=O)c4cc3[nH]c2cc1CC. The van der Waals surface area contributed by atoms with Crippen molar-refractivity contribution in [1.82, 2.24) is 9.97 Å². The van der Waals surface area contributed by atoms with Crippen molar-refractivity contribution in [3.05, 3.63) is 74.5 Å². The first-order valence-corrected chi connectivity index (χ1v) is 12.9. The van der Waals surface area contributed by atoms with E-state index in [2.05, 4.69) is 47.8 Å². The number of benzene rings is 3. The Kier molecular flexibility index (Phi) is 6.33. The van der Waals surface area contributed by atoms with E-state index in [1.54, 1.807) is 0 Å². The molecule has 2 aromatic heterocycles. The van der Waals surface area contributed by atoms with Crippen molar-refractivity contribution in [3.8, 4) is 0 Å². The number of rotatable bonds is 8. The predicted octanol–water partition coefficient (Wildman–Crippen LogP) is 6.65. The quantitative estimate of drug-likeness (QED) is 0.251. The van der Waals surface area contributed by atoms with Gasteiger partial charge in [-0.25, -0.2) is 0 Å². The number of aromatic amines is 2. The molecule has 0 radical (unpaired) electrons. The van der Waals surface area contributed by atoms with Crippen LogP contribution in [-0.2, 0) is 6.42 Å². The Hall–Kier alpha value is -3.60. The van der Waals surface area contributed by atoms with E-state index < -0.39 is 0 Å². The van der Waals surface area contributed by atoms with Gasteiger partial charge in [-0.05, 0) is 61.2 Å². The van der Waals surface area contributed by atoms with Gasteiger partial charge in [0.15, 0.2) is 10.9 Å². The number of pyridine rings is 2. The molecule has 0 saturated carbocycles. The van der Waals surface area contributed by atoms with Gasteiger partial charge in [0.1, 0.15) is 0 Å². The zero-order valence-corrected chi connectivity index (χ0v) is 20.8. The molecule has 0 unspecified atom stereocenters. The fourth-order valence-corrected chi connectivity index (χ4v) is 5.11. The number of aryl methyl sites for hydroxylation is 1. The van der Waals surface area contributed by atoms with E-state index >= 15 is 0 Å². The Labute approximate surface area is 204 Å². The molecule has 0 spiro atoms. The largest absolute Gasteiger partial charge is 0.371 e. The summed E-state index contributed by atoms with van der Waals surface area (Å²) in [4.78, 5) is 36.2. The molecule has 0 aliphatic rings. The van der Waals surface area contributed by atoms with Crippen molar-refractivity contribution < 1.29 is 0 Å². The number of nitrogens with one attached hydrogen (secondary N) is 2. The maximum absolute atomic E-state index is 13.8. The van der Waals surface area contributed by atoms with E-state index in [4.69, 9.17) is 0 Å². The highest BCUT2D eigenvalue weighted by molar-refractivity contribution is 6.03. The number of aromatic nitrogens is 2. The molecular formula is C30H33N3O2. The third kappa shape index (κ3) is 4.09. The zero-order chi connectivity index (χ0) is 24.5. The van der Waals surface area contributed by atoms with Crippen LogP contribution >= 0.6 is 0 Å². The standard InChI is InChI=1S/C30H33N3O2/c1-4-7-13-33(14-8-5-2)28-18-23-25(15-19(28)6-3)32-27-16-21-26(17-22(27)30(23)35)31-24-12-10-9-11-20(24)29(21)34/h9-12,15-18H,4-8,13-14H2,1-3H3,(H,31,34)(H,32,35). The fraction of sp³-hybridized carbons (Fsp3) is 0.333. The number of para-hydroxylation sites is 1. The molecule has 0 amide bonds. The second-order valence-corrected chi connectivity index (χ2v) is 9.47. The van der Waals surface area contributed by atoms with Gasteiger partial charge in [0.05, 0.1) is 16.6 Å². The first kappa shape index (κ1) is 23.2. The molecule has 5 nitrogen and oxygen atoms in total. The van der Waals surface area contributed by atoms with Gasteiger partial charge in [-0.2, -0.15) is 0 Å². The Morgan fingerprint density at radius 2 is 1.20 bits per heavy atom. The highest BCUT2D eigenvalue weighted by Crippen LogP contribution is 2.29. The molecule has 0 atom stereocenters.